The second-order valence-electron chi connectivity index (χ2n) is 5.20. The lowest BCUT2D eigenvalue weighted by Crippen LogP contribution is -2.34. The number of nitrogens with one attached hydrogen (secondary N) is 1. The van der Waals surface area contributed by atoms with E-state index < -0.39 is 0 Å². The van der Waals surface area contributed by atoms with Gasteiger partial charge in [0.15, 0.2) is 0 Å². The summed E-state index contributed by atoms with van der Waals surface area (Å²) in [7, 11) is 0. The molecule has 0 aliphatic heterocycles. The molecule has 1 rings (SSSR count). The Balaban J connectivity index is 1.99. The second-order valence-corrected chi connectivity index (χ2v) is 6.34. The van der Waals surface area contributed by atoms with Gasteiger partial charge in [0.05, 0.1) is 0 Å². The van der Waals surface area contributed by atoms with E-state index in [1.165, 1.54) is 45.1 Å². The van der Waals surface area contributed by atoms with Crippen molar-refractivity contribution in [1.29, 1.82) is 0 Å². The monoisotopic (exact) mass is 229 g/mol. The predicted molar refractivity (Wildman–Crippen MR) is 71.6 cm³/mol. The first-order valence-corrected chi connectivity index (χ1v) is 7.77. The van der Waals surface area contributed by atoms with Crippen LogP contribution in [-0.2, 0) is 0 Å². The molecule has 0 bridgehead atoms. The molecule has 0 aromatic heterocycles. The van der Waals surface area contributed by atoms with Crippen molar-refractivity contribution in [1.82, 2.24) is 5.32 Å². The molecule has 0 atom stereocenters. The third-order valence-corrected chi connectivity index (χ3v) is 4.54. The van der Waals surface area contributed by atoms with Crippen molar-refractivity contribution in [2.24, 2.45) is 5.92 Å². The summed E-state index contributed by atoms with van der Waals surface area (Å²) in [5, 5.41) is 4.66. The summed E-state index contributed by atoms with van der Waals surface area (Å²) in [6.07, 6.45) is 10.6. The average Bonchev–Trinajstić information content (AvgIpc) is 2.25. The highest BCUT2D eigenvalue weighted by molar-refractivity contribution is 7.99. The van der Waals surface area contributed by atoms with Gasteiger partial charge in [-0.25, -0.2) is 0 Å². The van der Waals surface area contributed by atoms with Crippen LogP contribution in [0.15, 0.2) is 0 Å². The highest BCUT2D eigenvalue weighted by Gasteiger charge is 2.19. The Morgan fingerprint density at radius 3 is 2.40 bits per heavy atom. The fraction of sp³-hybridized carbons (Fsp3) is 1.00. The average molecular weight is 229 g/mol. The standard InChI is InChI=1S/C13H27NS/c1-11(2)5-4-10-14-12-6-8-13(15-3)9-7-12/h11-14H,4-10H2,1-3H3. The minimum absolute atomic E-state index is 0.820. The van der Waals surface area contributed by atoms with E-state index in [2.05, 4.69) is 37.2 Å². The molecule has 0 unspecified atom stereocenters. The lowest BCUT2D eigenvalue weighted by molar-refractivity contribution is 0.372. The molecule has 0 amide bonds. The Labute approximate surface area is 99.8 Å². The summed E-state index contributed by atoms with van der Waals surface area (Å²) in [6.45, 7) is 5.85. The smallest absolute Gasteiger partial charge is 0.00678 e. The first kappa shape index (κ1) is 13.4. The van der Waals surface area contributed by atoms with Gasteiger partial charge in [0.25, 0.3) is 0 Å². The molecule has 0 radical (unpaired) electrons. The summed E-state index contributed by atoms with van der Waals surface area (Å²) in [5.74, 6) is 0.860. The minimum atomic E-state index is 0.820. The number of hydrogen-bond acceptors (Lipinski definition) is 2. The molecule has 0 spiro atoms. The zero-order chi connectivity index (χ0) is 11.1. The Hall–Kier alpha value is 0.310. The van der Waals surface area contributed by atoms with E-state index in [4.69, 9.17) is 0 Å². The first-order valence-electron chi connectivity index (χ1n) is 6.48. The Morgan fingerprint density at radius 1 is 1.20 bits per heavy atom. The van der Waals surface area contributed by atoms with Crippen molar-refractivity contribution in [2.75, 3.05) is 12.8 Å². The highest BCUT2D eigenvalue weighted by Crippen LogP contribution is 2.26. The van der Waals surface area contributed by atoms with Crippen LogP contribution in [0.1, 0.15) is 52.4 Å². The first-order chi connectivity index (χ1) is 7.22. The molecule has 2 heteroatoms. The van der Waals surface area contributed by atoms with Gasteiger partial charge in [0.1, 0.15) is 0 Å². The van der Waals surface area contributed by atoms with Crippen LogP contribution < -0.4 is 5.32 Å². The molecular weight excluding hydrogens is 202 g/mol. The van der Waals surface area contributed by atoms with Gasteiger partial charge >= 0.3 is 0 Å². The van der Waals surface area contributed by atoms with E-state index >= 15 is 0 Å². The van der Waals surface area contributed by atoms with E-state index in [0.717, 1.165) is 17.2 Å². The highest BCUT2D eigenvalue weighted by atomic mass is 32.2. The minimum Gasteiger partial charge on any atom is -0.314 e. The number of rotatable bonds is 6. The molecule has 1 aliphatic rings. The van der Waals surface area contributed by atoms with Crippen molar-refractivity contribution >= 4 is 11.8 Å². The van der Waals surface area contributed by atoms with Gasteiger partial charge in [0.2, 0.25) is 0 Å². The van der Waals surface area contributed by atoms with Crippen LogP contribution in [-0.4, -0.2) is 24.1 Å². The van der Waals surface area contributed by atoms with Crippen LogP contribution in [0.25, 0.3) is 0 Å². The Kier molecular flexibility index (Phi) is 6.74. The van der Waals surface area contributed by atoms with Crippen molar-refractivity contribution in [3.8, 4) is 0 Å². The second kappa shape index (κ2) is 7.56. The van der Waals surface area contributed by atoms with Gasteiger partial charge in [-0.2, -0.15) is 11.8 Å². The summed E-state index contributed by atoms with van der Waals surface area (Å²) in [4.78, 5) is 0. The molecule has 1 aliphatic carbocycles. The fourth-order valence-electron chi connectivity index (χ4n) is 2.32. The van der Waals surface area contributed by atoms with Crippen molar-refractivity contribution in [3.05, 3.63) is 0 Å². The van der Waals surface area contributed by atoms with Gasteiger partial charge in [0, 0.05) is 11.3 Å². The molecule has 0 aromatic rings. The zero-order valence-corrected chi connectivity index (χ0v) is 11.4. The van der Waals surface area contributed by atoms with E-state index in [9.17, 15) is 0 Å². The molecule has 1 N–H and O–H groups in total. The largest absolute Gasteiger partial charge is 0.314 e. The van der Waals surface area contributed by atoms with Crippen molar-refractivity contribution in [3.63, 3.8) is 0 Å². The van der Waals surface area contributed by atoms with Gasteiger partial charge in [-0.15, -0.1) is 0 Å². The van der Waals surface area contributed by atoms with Crippen LogP contribution >= 0.6 is 11.8 Å². The van der Waals surface area contributed by atoms with E-state index in [0.29, 0.717) is 0 Å². The normalized spacial score (nSPS) is 27.2. The maximum atomic E-state index is 3.71. The maximum Gasteiger partial charge on any atom is 0.00678 e. The molecule has 15 heavy (non-hydrogen) atoms. The maximum absolute atomic E-state index is 3.71. The summed E-state index contributed by atoms with van der Waals surface area (Å²) in [5.41, 5.74) is 0. The van der Waals surface area contributed by atoms with E-state index in [-0.39, 0.29) is 0 Å². The van der Waals surface area contributed by atoms with Crippen molar-refractivity contribution in [2.45, 2.75) is 63.7 Å². The fourth-order valence-corrected chi connectivity index (χ4v) is 3.06. The third kappa shape index (κ3) is 5.82. The van der Waals surface area contributed by atoms with Gasteiger partial charge in [-0.1, -0.05) is 13.8 Å². The molecule has 90 valence electrons. The quantitative estimate of drug-likeness (QED) is 0.697. The molecule has 0 saturated heterocycles. The molecule has 1 saturated carbocycles. The molecular formula is C13H27NS. The lowest BCUT2D eigenvalue weighted by atomic mass is 9.95. The molecule has 0 heterocycles. The van der Waals surface area contributed by atoms with Crippen molar-refractivity contribution < 1.29 is 0 Å². The summed E-state index contributed by atoms with van der Waals surface area (Å²) in [6, 6.07) is 0.820. The number of thioether (sulfide) groups is 1. The Morgan fingerprint density at radius 2 is 1.87 bits per heavy atom. The predicted octanol–water partition coefficient (Wildman–Crippen LogP) is 3.69. The lowest BCUT2D eigenvalue weighted by Gasteiger charge is -2.28. The van der Waals surface area contributed by atoms with Crippen LogP contribution in [0, 0.1) is 5.92 Å². The van der Waals surface area contributed by atoms with Crippen LogP contribution in [0.5, 0.6) is 0 Å². The van der Waals surface area contributed by atoms with E-state index in [1.54, 1.807) is 0 Å². The van der Waals surface area contributed by atoms with E-state index in [1.807, 2.05) is 0 Å². The Bertz CT molecular complexity index is 151. The topological polar surface area (TPSA) is 12.0 Å². The van der Waals surface area contributed by atoms with Crippen LogP contribution in [0.4, 0.5) is 0 Å². The zero-order valence-electron chi connectivity index (χ0n) is 10.6. The molecule has 1 nitrogen and oxygen atoms in total. The van der Waals surface area contributed by atoms with Gasteiger partial charge in [-0.3, -0.25) is 0 Å². The third-order valence-electron chi connectivity index (χ3n) is 3.40. The number of hydrogen-bond donors (Lipinski definition) is 1. The molecule has 1 fully saturated rings. The van der Waals surface area contributed by atoms with Gasteiger partial charge in [-0.05, 0) is 57.2 Å². The SMILES string of the molecule is CSC1CCC(NCCCC(C)C)CC1. The summed E-state index contributed by atoms with van der Waals surface area (Å²) < 4.78 is 0. The van der Waals surface area contributed by atoms with Crippen LogP contribution in [0.3, 0.4) is 0 Å². The molecule has 0 aromatic carbocycles. The van der Waals surface area contributed by atoms with Gasteiger partial charge < -0.3 is 5.32 Å². The summed E-state index contributed by atoms with van der Waals surface area (Å²) >= 11 is 2.05. The van der Waals surface area contributed by atoms with Crippen LogP contribution in [0.2, 0.25) is 0 Å².